The van der Waals surface area contributed by atoms with Gasteiger partial charge in [0.25, 0.3) is 5.91 Å². The lowest BCUT2D eigenvalue weighted by atomic mass is 9.99. The van der Waals surface area contributed by atoms with Crippen molar-refractivity contribution in [2.75, 3.05) is 32.6 Å². The van der Waals surface area contributed by atoms with Gasteiger partial charge in [-0.2, -0.15) is 0 Å². The number of nitrogens with zero attached hydrogens (tertiary/aromatic N) is 1. The predicted octanol–water partition coefficient (Wildman–Crippen LogP) is 1.96. The number of benzene rings is 2. The van der Waals surface area contributed by atoms with Gasteiger partial charge in [-0.25, -0.2) is 12.8 Å². The van der Waals surface area contributed by atoms with Crippen LogP contribution in [-0.4, -0.2) is 57.7 Å². The average Bonchev–Trinajstić information content (AvgIpc) is 2.71. The molecule has 2 N–H and O–H groups in total. The summed E-state index contributed by atoms with van der Waals surface area (Å²) in [4.78, 5) is 27.6. The molecule has 1 fully saturated rings. The third-order valence-electron chi connectivity index (χ3n) is 4.96. The second-order valence-corrected chi connectivity index (χ2v) is 9.22. The van der Waals surface area contributed by atoms with Crippen molar-refractivity contribution in [1.29, 1.82) is 0 Å². The van der Waals surface area contributed by atoms with Crippen LogP contribution in [0.4, 0.5) is 4.39 Å². The van der Waals surface area contributed by atoms with Crippen molar-refractivity contribution in [1.82, 2.24) is 15.2 Å². The largest absolute Gasteiger partial charge is 0.375 e. The molecular formula is C21H28FN3O5S. The summed E-state index contributed by atoms with van der Waals surface area (Å²) in [6.45, 7) is 2.07. The summed E-state index contributed by atoms with van der Waals surface area (Å²) >= 11 is 0. The van der Waals surface area contributed by atoms with Crippen LogP contribution in [0.1, 0.15) is 18.8 Å². The maximum absolute atomic E-state index is 14.5. The predicted molar refractivity (Wildman–Crippen MR) is 117 cm³/mol. The van der Waals surface area contributed by atoms with Crippen LogP contribution in [-0.2, 0) is 19.6 Å². The number of hydrazine groups is 1. The van der Waals surface area contributed by atoms with Gasteiger partial charge in [-0.1, -0.05) is 30.3 Å². The molecule has 1 aliphatic rings. The van der Waals surface area contributed by atoms with Gasteiger partial charge < -0.3 is 9.64 Å². The highest BCUT2D eigenvalue weighted by molar-refractivity contribution is 7.89. The number of methoxy groups -OCH3 is 1. The summed E-state index contributed by atoms with van der Waals surface area (Å²) in [6, 6.07) is 12.2. The summed E-state index contributed by atoms with van der Waals surface area (Å²) in [5.74, 6) is -2.34. The molecule has 0 spiro atoms. The molecule has 0 aromatic heterocycles. The lowest BCUT2D eigenvalue weighted by Crippen LogP contribution is -2.55. The highest BCUT2D eigenvalue weighted by Gasteiger charge is 2.34. The maximum Gasteiger partial charge on any atom is 0.269 e. The molecule has 2 aromatic carbocycles. The first-order valence-electron chi connectivity index (χ1n) is 9.62. The van der Waals surface area contributed by atoms with Crippen molar-refractivity contribution in [2.24, 2.45) is 5.92 Å². The molecule has 0 atom stereocenters. The van der Waals surface area contributed by atoms with Crippen molar-refractivity contribution in [3.05, 3.63) is 59.4 Å². The van der Waals surface area contributed by atoms with E-state index in [2.05, 4.69) is 5.43 Å². The minimum atomic E-state index is -3.87. The first-order valence-corrected chi connectivity index (χ1v) is 11.3. The number of sulfonamides is 1. The normalized spacial score (nSPS) is 14.2. The number of nitrogens with one attached hydrogen (secondary N) is 2. The Balaban J connectivity index is 0.00000272. The molecule has 1 heterocycles. The summed E-state index contributed by atoms with van der Waals surface area (Å²) in [5, 5.41) is 0. The summed E-state index contributed by atoms with van der Waals surface area (Å²) in [6.07, 6.45) is 0. The number of hydrogen-bond donors (Lipinski definition) is 2. The van der Waals surface area contributed by atoms with E-state index >= 15 is 0 Å². The van der Waals surface area contributed by atoms with Crippen molar-refractivity contribution >= 4 is 21.8 Å². The molecule has 2 amide bonds. The van der Waals surface area contributed by atoms with Crippen LogP contribution in [0.2, 0.25) is 0 Å². The zero-order valence-electron chi connectivity index (χ0n) is 17.2. The fraction of sp³-hybridized carbons (Fsp3) is 0.333. The molecule has 0 radical (unpaired) electrons. The lowest BCUT2D eigenvalue weighted by Gasteiger charge is -2.38. The smallest absolute Gasteiger partial charge is 0.269 e. The van der Waals surface area contributed by atoms with Crippen LogP contribution in [0.25, 0.3) is 11.1 Å². The summed E-state index contributed by atoms with van der Waals surface area (Å²) in [5.41, 5.74) is 3.53. The second-order valence-electron chi connectivity index (χ2n) is 7.46. The Morgan fingerprint density at radius 1 is 1.19 bits per heavy atom. The third kappa shape index (κ3) is 5.66. The van der Waals surface area contributed by atoms with Gasteiger partial charge in [-0.15, -0.1) is 4.83 Å². The molecular weight excluding hydrogens is 425 g/mol. The van der Waals surface area contributed by atoms with Gasteiger partial charge in [0.2, 0.25) is 15.9 Å². The van der Waals surface area contributed by atoms with E-state index < -0.39 is 21.7 Å². The molecule has 0 saturated carbocycles. The summed E-state index contributed by atoms with van der Waals surface area (Å²) < 4.78 is 43.8. The van der Waals surface area contributed by atoms with Crippen LogP contribution in [0.5, 0.6) is 0 Å². The van der Waals surface area contributed by atoms with Crippen LogP contribution < -0.4 is 10.3 Å². The fourth-order valence-corrected chi connectivity index (χ4v) is 4.53. The summed E-state index contributed by atoms with van der Waals surface area (Å²) in [7, 11) is -2.46. The van der Waals surface area contributed by atoms with Gasteiger partial charge in [-0.05, 0) is 35.7 Å². The van der Waals surface area contributed by atoms with Crippen LogP contribution >= 0.6 is 0 Å². The Kier molecular flexibility index (Phi) is 7.04. The molecule has 10 heteroatoms. The van der Waals surface area contributed by atoms with E-state index in [0.29, 0.717) is 18.7 Å². The monoisotopic (exact) mass is 453 g/mol. The highest BCUT2D eigenvalue weighted by atomic mass is 32.2. The van der Waals surface area contributed by atoms with Gasteiger partial charge >= 0.3 is 0 Å². The van der Waals surface area contributed by atoms with Gasteiger partial charge in [0, 0.05) is 29.0 Å². The number of amides is 2. The number of carbonyl (C=O) groups is 2. The first-order chi connectivity index (χ1) is 14.7. The molecule has 1 aliphatic heterocycles. The fourth-order valence-electron chi connectivity index (χ4n) is 3.37. The Hall–Kier alpha value is -2.82. The number of ether oxygens (including phenoxy) is 1. The highest BCUT2D eigenvalue weighted by Crippen LogP contribution is 2.24. The minimum absolute atomic E-state index is 0. The molecule has 3 rings (SSSR count). The van der Waals surface area contributed by atoms with Crippen molar-refractivity contribution in [3.63, 3.8) is 0 Å². The van der Waals surface area contributed by atoms with Gasteiger partial charge in [0.1, 0.15) is 12.4 Å². The average molecular weight is 454 g/mol. The third-order valence-corrected chi connectivity index (χ3v) is 6.28. The zero-order chi connectivity index (χ0) is 22.6. The van der Waals surface area contributed by atoms with Gasteiger partial charge in [-0.3, -0.25) is 15.0 Å². The van der Waals surface area contributed by atoms with Crippen LogP contribution in [0.15, 0.2) is 42.5 Å². The Morgan fingerprint density at radius 3 is 2.52 bits per heavy atom. The number of likely N-dealkylation sites (tertiary alicyclic amines) is 1. The van der Waals surface area contributed by atoms with E-state index in [1.165, 1.54) is 25.0 Å². The Labute approximate surface area is 183 Å². The van der Waals surface area contributed by atoms with E-state index in [0.717, 1.165) is 5.56 Å². The number of rotatable bonds is 8. The Bertz CT molecular complexity index is 1080. The van der Waals surface area contributed by atoms with E-state index in [1.54, 1.807) is 6.07 Å². The topological polar surface area (TPSA) is 105 Å². The van der Waals surface area contributed by atoms with E-state index in [1.807, 2.05) is 35.2 Å². The maximum atomic E-state index is 14.5. The number of halogens is 1. The molecule has 0 aliphatic carbocycles. The number of aryl methyl sites for hydroxylation is 1. The minimum Gasteiger partial charge on any atom is -0.375 e. The molecule has 0 unspecified atom stereocenters. The quantitative estimate of drug-likeness (QED) is 0.595. The van der Waals surface area contributed by atoms with Crippen LogP contribution in [0, 0.1) is 18.7 Å². The van der Waals surface area contributed by atoms with E-state index in [-0.39, 0.29) is 38.2 Å². The van der Waals surface area contributed by atoms with Gasteiger partial charge in [0.15, 0.2) is 0 Å². The zero-order valence-corrected chi connectivity index (χ0v) is 18.0. The van der Waals surface area contributed by atoms with E-state index in [4.69, 9.17) is 4.74 Å². The molecule has 0 bridgehead atoms. The first kappa shape index (κ1) is 22.9. The number of carbonyl (C=O) groups excluding carboxylic acids is 2. The number of hydrogen-bond acceptors (Lipinski definition) is 5. The Morgan fingerprint density at radius 2 is 1.87 bits per heavy atom. The second kappa shape index (κ2) is 9.54. The van der Waals surface area contributed by atoms with Crippen molar-refractivity contribution in [3.8, 4) is 11.1 Å². The van der Waals surface area contributed by atoms with Gasteiger partial charge in [0.05, 0.1) is 11.3 Å². The van der Waals surface area contributed by atoms with Crippen molar-refractivity contribution < 1.29 is 30.0 Å². The van der Waals surface area contributed by atoms with Crippen molar-refractivity contribution in [2.45, 2.75) is 6.92 Å². The molecule has 170 valence electrons. The lowest BCUT2D eigenvalue weighted by molar-refractivity contribution is -0.141. The SMILES string of the molecule is COCC(=O)N1CC(CS(=O)(=O)NNC(=O)c2cc(-c3ccccc3)cc(C)c2F)C1.[HH].[HH]. The molecule has 31 heavy (non-hydrogen) atoms. The van der Waals surface area contributed by atoms with Crippen LogP contribution in [0.3, 0.4) is 0 Å². The standard InChI is InChI=1S/C21H24FN3O5S.2H2/c1-14-8-17(16-6-4-3-5-7-16)9-18(20(14)22)21(27)23-24-31(28,29)13-15-10-25(11-15)19(26)12-30-2;;/h3-9,15,24H,10-13H2,1-2H3,(H,23,27);2*1H. The molecule has 8 nitrogen and oxygen atoms in total. The van der Waals surface area contributed by atoms with E-state index in [9.17, 15) is 22.4 Å². The molecule has 1 saturated heterocycles. The molecule has 2 aromatic rings.